The Balaban J connectivity index is 2.48. The molecule has 0 saturated carbocycles. The zero-order valence-corrected chi connectivity index (χ0v) is 6.32. The second kappa shape index (κ2) is 3.46. The molecule has 1 aromatic heterocycles. The van der Waals surface area contributed by atoms with Crippen LogP contribution in [0, 0.1) is 0 Å². The molecule has 0 unspecified atom stereocenters. The summed E-state index contributed by atoms with van der Waals surface area (Å²) in [4.78, 5) is 1.44. The van der Waals surface area contributed by atoms with Gasteiger partial charge in [-0.15, -0.1) is 11.3 Å². The van der Waals surface area contributed by atoms with Crippen LogP contribution in [0.1, 0.15) is 11.8 Å². The zero-order valence-electron chi connectivity index (χ0n) is 5.50. The Morgan fingerprint density at radius 3 is 3.11 bits per heavy atom. The van der Waals surface area contributed by atoms with Crippen molar-refractivity contribution >= 4 is 11.3 Å². The van der Waals surface area contributed by atoms with Gasteiger partial charge in [0.15, 0.2) is 0 Å². The van der Waals surface area contributed by atoms with Crippen LogP contribution in [-0.2, 0) is 6.42 Å². The fourth-order valence-electron chi connectivity index (χ4n) is 0.663. The number of thiophene rings is 1. The van der Waals surface area contributed by atoms with E-state index >= 15 is 0 Å². The molecule has 0 bridgehead atoms. The molecule has 0 saturated heterocycles. The third kappa shape index (κ3) is 2.02. The van der Waals surface area contributed by atoms with Crippen LogP contribution in [0.3, 0.4) is 0 Å². The van der Waals surface area contributed by atoms with Crippen LogP contribution < -0.4 is 0 Å². The lowest BCUT2D eigenvalue weighted by Gasteiger charge is -1.83. The first-order chi connectivity index (χ1) is 4.43. The molecule has 0 N–H and O–H groups in total. The van der Waals surface area contributed by atoms with E-state index < -0.39 is 0 Å². The highest BCUT2D eigenvalue weighted by atomic mass is 32.1. The van der Waals surface area contributed by atoms with Crippen LogP contribution in [-0.4, -0.2) is 0 Å². The topological polar surface area (TPSA) is 0 Å². The van der Waals surface area contributed by atoms with E-state index in [-0.39, 0.29) is 0 Å². The van der Waals surface area contributed by atoms with Crippen molar-refractivity contribution in [1.29, 1.82) is 0 Å². The molecule has 0 spiro atoms. The second-order valence-electron chi connectivity index (χ2n) is 1.85. The van der Waals surface area contributed by atoms with Crippen molar-refractivity contribution in [2.24, 2.45) is 0 Å². The van der Waals surface area contributed by atoms with Crippen molar-refractivity contribution in [2.45, 2.75) is 13.3 Å². The van der Waals surface area contributed by atoms with Gasteiger partial charge in [-0.2, -0.15) is 0 Å². The molecule has 0 fully saturated rings. The van der Waals surface area contributed by atoms with Gasteiger partial charge in [0.25, 0.3) is 0 Å². The normalized spacial score (nSPS) is 10.8. The van der Waals surface area contributed by atoms with Crippen LogP contribution in [0.15, 0.2) is 29.7 Å². The predicted molar refractivity (Wildman–Crippen MR) is 42.8 cm³/mol. The lowest BCUT2D eigenvalue weighted by Crippen LogP contribution is -1.68. The molecule has 0 radical (unpaired) electrons. The summed E-state index contributed by atoms with van der Waals surface area (Å²) < 4.78 is 0. The van der Waals surface area contributed by atoms with E-state index in [1.54, 1.807) is 0 Å². The largest absolute Gasteiger partial charge is 0.149 e. The highest BCUT2D eigenvalue weighted by Gasteiger charge is 1.85. The van der Waals surface area contributed by atoms with Gasteiger partial charge in [0, 0.05) is 4.88 Å². The van der Waals surface area contributed by atoms with Crippen molar-refractivity contribution in [3.05, 3.63) is 34.5 Å². The Bertz CT molecular complexity index is 172. The van der Waals surface area contributed by atoms with Crippen molar-refractivity contribution in [3.8, 4) is 0 Å². The third-order valence-corrected chi connectivity index (χ3v) is 2.03. The van der Waals surface area contributed by atoms with Gasteiger partial charge in [-0.1, -0.05) is 18.2 Å². The first kappa shape index (κ1) is 6.56. The summed E-state index contributed by atoms with van der Waals surface area (Å²) in [5, 5.41) is 2.11. The standard InChI is InChI=1S/C8H10S/c1-2-3-5-8-6-4-7-9-8/h2-4,6-7H,5H2,1H3/b3-2+. The van der Waals surface area contributed by atoms with E-state index in [0.29, 0.717) is 0 Å². The summed E-state index contributed by atoms with van der Waals surface area (Å²) in [6, 6.07) is 4.24. The van der Waals surface area contributed by atoms with Crippen LogP contribution in [0.4, 0.5) is 0 Å². The minimum atomic E-state index is 1.09. The maximum absolute atomic E-state index is 2.17. The average Bonchev–Trinajstić information content (AvgIpc) is 2.34. The monoisotopic (exact) mass is 138 g/mol. The molecule has 0 nitrogen and oxygen atoms in total. The molecule has 0 aliphatic heterocycles. The molecule has 1 heteroatoms. The molecule has 0 aliphatic carbocycles. The maximum Gasteiger partial charge on any atom is 0.00828 e. The Morgan fingerprint density at radius 1 is 1.67 bits per heavy atom. The van der Waals surface area contributed by atoms with E-state index in [0.717, 1.165) is 6.42 Å². The molecule has 0 aromatic carbocycles. The number of hydrogen-bond acceptors (Lipinski definition) is 1. The van der Waals surface area contributed by atoms with Gasteiger partial charge >= 0.3 is 0 Å². The Kier molecular flexibility index (Phi) is 2.52. The molecule has 1 aromatic rings. The summed E-state index contributed by atoms with van der Waals surface area (Å²) in [7, 11) is 0. The summed E-state index contributed by atoms with van der Waals surface area (Å²) in [5.41, 5.74) is 0. The molecular formula is C8H10S. The van der Waals surface area contributed by atoms with Gasteiger partial charge in [0.1, 0.15) is 0 Å². The molecule has 48 valence electrons. The minimum Gasteiger partial charge on any atom is -0.149 e. The van der Waals surface area contributed by atoms with Gasteiger partial charge < -0.3 is 0 Å². The van der Waals surface area contributed by atoms with Crippen LogP contribution >= 0.6 is 11.3 Å². The first-order valence-corrected chi connectivity index (χ1v) is 3.95. The Labute approximate surface area is 59.8 Å². The molecule has 0 atom stereocenters. The van der Waals surface area contributed by atoms with Gasteiger partial charge in [-0.05, 0) is 24.8 Å². The van der Waals surface area contributed by atoms with Gasteiger partial charge in [-0.25, -0.2) is 0 Å². The van der Waals surface area contributed by atoms with Crippen molar-refractivity contribution in [1.82, 2.24) is 0 Å². The number of hydrogen-bond donors (Lipinski definition) is 0. The van der Waals surface area contributed by atoms with E-state index in [1.165, 1.54) is 4.88 Å². The van der Waals surface area contributed by atoms with Crippen LogP contribution in [0.5, 0.6) is 0 Å². The van der Waals surface area contributed by atoms with Gasteiger partial charge in [0.2, 0.25) is 0 Å². The van der Waals surface area contributed by atoms with Crippen LogP contribution in [0.25, 0.3) is 0 Å². The van der Waals surface area contributed by atoms with E-state index in [4.69, 9.17) is 0 Å². The predicted octanol–water partition coefficient (Wildman–Crippen LogP) is 2.87. The molecule has 1 rings (SSSR count). The van der Waals surface area contributed by atoms with E-state index in [1.807, 2.05) is 18.3 Å². The van der Waals surface area contributed by atoms with Crippen LogP contribution in [0.2, 0.25) is 0 Å². The van der Waals surface area contributed by atoms with Gasteiger partial charge in [0.05, 0.1) is 0 Å². The maximum atomic E-state index is 2.17. The highest BCUT2D eigenvalue weighted by molar-refractivity contribution is 7.09. The fraction of sp³-hybridized carbons (Fsp3) is 0.250. The highest BCUT2D eigenvalue weighted by Crippen LogP contribution is 2.08. The Hall–Kier alpha value is -0.560. The minimum absolute atomic E-state index is 1.09. The molecule has 0 amide bonds. The summed E-state index contributed by atoms with van der Waals surface area (Å²) in [6.45, 7) is 2.05. The number of allylic oxidation sites excluding steroid dienone is 2. The van der Waals surface area contributed by atoms with E-state index in [9.17, 15) is 0 Å². The quantitative estimate of drug-likeness (QED) is 0.551. The SMILES string of the molecule is C/C=C/Cc1cccs1. The lowest BCUT2D eigenvalue weighted by molar-refractivity contribution is 1.33. The van der Waals surface area contributed by atoms with Gasteiger partial charge in [-0.3, -0.25) is 0 Å². The first-order valence-electron chi connectivity index (χ1n) is 3.07. The van der Waals surface area contributed by atoms with Crippen molar-refractivity contribution in [3.63, 3.8) is 0 Å². The summed E-state index contributed by atoms with van der Waals surface area (Å²) >= 11 is 1.81. The molecular weight excluding hydrogens is 128 g/mol. The smallest absolute Gasteiger partial charge is 0.00828 e. The fourth-order valence-corrected chi connectivity index (χ4v) is 1.34. The lowest BCUT2D eigenvalue weighted by atomic mass is 10.3. The summed E-state index contributed by atoms with van der Waals surface area (Å²) in [6.07, 6.45) is 5.35. The number of rotatable bonds is 2. The summed E-state index contributed by atoms with van der Waals surface area (Å²) in [5.74, 6) is 0. The van der Waals surface area contributed by atoms with Crippen molar-refractivity contribution < 1.29 is 0 Å². The van der Waals surface area contributed by atoms with E-state index in [2.05, 4.69) is 29.7 Å². The molecule has 0 aliphatic rings. The Morgan fingerprint density at radius 2 is 2.56 bits per heavy atom. The molecule has 1 heterocycles. The molecule has 9 heavy (non-hydrogen) atoms. The average molecular weight is 138 g/mol. The third-order valence-electron chi connectivity index (χ3n) is 1.13. The zero-order chi connectivity index (χ0) is 6.53. The second-order valence-corrected chi connectivity index (χ2v) is 2.88. The van der Waals surface area contributed by atoms with Crippen molar-refractivity contribution in [2.75, 3.05) is 0 Å².